The lowest BCUT2D eigenvalue weighted by Gasteiger charge is -2.09. The summed E-state index contributed by atoms with van der Waals surface area (Å²) in [6.45, 7) is 2.25. The van der Waals surface area contributed by atoms with Crippen LogP contribution in [0.1, 0.15) is 68.6 Å². The number of rotatable bonds is 19. The van der Waals surface area contributed by atoms with E-state index in [-0.39, 0.29) is 30.3 Å². The molecule has 0 atom stereocenters. The molecule has 0 aliphatic rings. The molecule has 8 heteroatoms. The van der Waals surface area contributed by atoms with Gasteiger partial charge in [-0.25, -0.2) is 9.59 Å². The van der Waals surface area contributed by atoms with Crippen molar-refractivity contribution >= 4 is 23.7 Å². The van der Waals surface area contributed by atoms with Gasteiger partial charge in [0, 0.05) is 12.1 Å². The van der Waals surface area contributed by atoms with Gasteiger partial charge in [0.15, 0.2) is 0 Å². The molecule has 1 aromatic rings. The molecule has 0 bridgehead atoms. The third kappa shape index (κ3) is 18.0. The number of amides is 2. The van der Waals surface area contributed by atoms with Gasteiger partial charge in [0.1, 0.15) is 17.9 Å². The molecule has 0 saturated heterocycles. The molecule has 0 radical (unpaired) electrons. The Kier molecular flexibility index (Phi) is 19.1. The Morgan fingerprint density at radius 3 is 1.85 bits per heavy atom. The van der Waals surface area contributed by atoms with Crippen molar-refractivity contribution < 1.29 is 29.3 Å². The second kappa shape index (κ2) is 22.6. The predicted molar refractivity (Wildman–Crippen MR) is 160 cm³/mol. The zero-order chi connectivity index (χ0) is 29.3. The molecule has 216 valence electrons. The number of aromatic hydroxyl groups is 1. The first kappa shape index (κ1) is 33.7. The molecule has 0 unspecified atom stereocenters. The highest BCUT2D eigenvalue weighted by Gasteiger charge is 2.12. The van der Waals surface area contributed by atoms with Crippen molar-refractivity contribution in [2.45, 2.75) is 58.3 Å². The maximum absolute atomic E-state index is 11.9. The fourth-order valence-corrected chi connectivity index (χ4v) is 3.22. The zero-order valence-electron chi connectivity index (χ0n) is 23.3. The summed E-state index contributed by atoms with van der Waals surface area (Å²) >= 11 is 0. The summed E-state index contributed by atoms with van der Waals surface area (Å²) in [5.74, 6) is -1.87. The number of hydrogen-bond donors (Lipinski definition) is 4. The summed E-state index contributed by atoms with van der Waals surface area (Å²) in [5.41, 5.74) is -0.169. The van der Waals surface area contributed by atoms with Crippen LogP contribution in [0.3, 0.4) is 0 Å². The molecule has 2 amide bonds. The van der Waals surface area contributed by atoms with Gasteiger partial charge in [-0.15, -0.1) is 0 Å². The van der Waals surface area contributed by atoms with Crippen molar-refractivity contribution in [3.8, 4) is 5.75 Å². The number of phenols is 1. The minimum absolute atomic E-state index is 0.0403. The Morgan fingerprint density at radius 1 is 0.800 bits per heavy atom. The van der Waals surface area contributed by atoms with E-state index >= 15 is 0 Å². The summed E-state index contributed by atoms with van der Waals surface area (Å²) < 4.78 is 4.96. The average Bonchev–Trinajstić information content (AvgIpc) is 2.93. The number of carboxylic acids is 1. The first-order valence-electron chi connectivity index (χ1n) is 13.6. The Morgan fingerprint density at radius 2 is 1.32 bits per heavy atom. The normalized spacial score (nSPS) is 12.0. The van der Waals surface area contributed by atoms with Crippen molar-refractivity contribution in [1.29, 1.82) is 0 Å². The minimum atomic E-state index is -1.32. The molecule has 0 aliphatic carbocycles. The van der Waals surface area contributed by atoms with E-state index in [9.17, 15) is 19.5 Å². The van der Waals surface area contributed by atoms with E-state index in [0.29, 0.717) is 12.8 Å². The smallest absolute Gasteiger partial charge is 0.411 e. The van der Waals surface area contributed by atoms with E-state index in [0.717, 1.165) is 50.7 Å². The average molecular weight is 551 g/mol. The van der Waals surface area contributed by atoms with E-state index in [1.54, 1.807) is 0 Å². The molecular formula is C32H42N2O6. The summed E-state index contributed by atoms with van der Waals surface area (Å²) in [7, 11) is 0. The molecule has 0 spiro atoms. The first-order valence-corrected chi connectivity index (χ1v) is 13.6. The van der Waals surface area contributed by atoms with Gasteiger partial charge in [-0.3, -0.25) is 10.1 Å². The topological polar surface area (TPSA) is 125 Å². The molecule has 0 heterocycles. The van der Waals surface area contributed by atoms with Gasteiger partial charge in [-0.1, -0.05) is 79.8 Å². The number of ether oxygens (including phenoxy) is 1. The monoisotopic (exact) mass is 550 g/mol. The maximum Gasteiger partial charge on any atom is 0.411 e. The van der Waals surface area contributed by atoms with Crippen LogP contribution in [-0.4, -0.2) is 41.3 Å². The molecule has 40 heavy (non-hydrogen) atoms. The number of nitrogens with one attached hydrogen (secondary N) is 2. The quantitative estimate of drug-likeness (QED) is 0.0818. The second-order valence-electron chi connectivity index (χ2n) is 8.60. The van der Waals surface area contributed by atoms with Gasteiger partial charge < -0.3 is 20.3 Å². The number of carboxylic acid groups (broad SMARTS) is 1. The van der Waals surface area contributed by atoms with Crippen molar-refractivity contribution in [3.63, 3.8) is 0 Å². The second-order valence-corrected chi connectivity index (χ2v) is 8.60. The third-order valence-electron chi connectivity index (χ3n) is 5.27. The van der Waals surface area contributed by atoms with Gasteiger partial charge in [0.25, 0.3) is 0 Å². The SMILES string of the molecule is CCC=CCC=CCC=CCC=CCC=CCC=CCCC(=O)NCCOC(=O)Nc1ccc(O)c(C(=O)O)c1. The van der Waals surface area contributed by atoms with Gasteiger partial charge in [-0.2, -0.15) is 0 Å². The van der Waals surface area contributed by atoms with E-state index in [1.807, 2.05) is 12.2 Å². The summed E-state index contributed by atoms with van der Waals surface area (Å²) in [6.07, 6.45) is 31.5. The lowest BCUT2D eigenvalue weighted by molar-refractivity contribution is -0.121. The number of carbonyl (C=O) groups is 3. The van der Waals surface area contributed by atoms with Crippen LogP contribution in [0.15, 0.2) is 91.1 Å². The lowest BCUT2D eigenvalue weighted by Crippen LogP contribution is -2.28. The van der Waals surface area contributed by atoms with E-state index in [4.69, 9.17) is 9.84 Å². The molecule has 0 aromatic heterocycles. The van der Waals surface area contributed by atoms with Gasteiger partial charge >= 0.3 is 12.1 Å². The standard InChI is InChI=1S/C32H42N2O6/c1-2-3-4-5-6-7-8-9-10-11-12-13-14-15-16-17-18-19-20-21-30(36)33-24-25-40-32(39)34-27-22-23-29(35)28(26-27)31(37)38/h3-4,6-7,9-10,12-13,15-16,18-19,22-23,26,35H,2,5,8,11,14,17,20-21,24-25H2,1H3,(H,33,36)(H,34,39)(H,37,38). The van der Waals surface area contributed by atoms with Crippen LogP contribution in [-0.2, 0) is 9.53 Å². The van der Waals surface area contributed by atoms with Crippen LogP contribution >= 0.6 is 0 Å². The van der Waals surface area contributed by atoms with Crippen LogP contribution in [0, 0.1) is 0 Å². The highest BCUT2D eigenvalue weighted by atomic mass is 16.5. The van der Waals surface area contributed by atoms with Crippen molar-refractivity contribution in [2.24, 2.45) is 0 Å². The van der Waals surface area contributed by atoms with Crippen molar-refractivity contribution in [3.05, 3.63) is 96.7 Å². The number of anilines is 1. The molecular weight excluding hydrogens is 508 g/mol. The first-order chi connectivity index (χ1) is 19.4. The van der Waals surface area contributed by atoms with Gasteiger partial charge in [0.2, 0.25) is 5.91 Å². The largest absolute Gasteiger partial charge is 0.507 e. The molecule has 0 saturated carbocycles. The lowest BCUT2D eigenvalue weighted by atomic mass is 10.2. The summed E-state index contributed by atoms with van der Waals surface area (Å²) in [5, 5.41) is 23.5. The maximum atomic E-state index is 11.9. The summed E-state index contributed by atoms with van der Waals surface area (Å²) in [4.78, 5) is 34.7. The minimum Gasteiger partial charge on any atom is -0.507 e. The Labute approximate surface area is 237 Å². The number of benzene rings is 1. The molecule has 4 N–H and O–H groups in total. The van der Waals surface area contributed by atoms with Crippen LogP contribution in [0.5, 0.6) is 5.75 Å². The Bertz CT molecular complexity index is 1080. The number of allylic oxidation sites excluding steroid dienone is 12. The third-order valence-corrected chi connectivity index (χ3v) is 5.27. The Balaban J connectivity index is 2.04. The fraction of sp³-hybridized carbons (Fsp3) is 0.344. The van der Waals surface area contributed by atoms with Gasteiger partial charge in [-0.05, 0) is 63.1 Å². The molecule has 1 aromatic carbocycles. The molecule has 8 nitrogen and oxygen atoms in total. The fourth-order valence-electron chi connectivity index (χ4n) is 3.22. The van der Waals surface area contributed by atoms with Crippen LogP contribution in [0.4, 0.5) is 10.5 Å². The van der Waals surface area contributed by atoms with Gasteiger partial charge in [0.05, 0.1) is 6.54 Å². The van der Waals surface area contributed by atoms with E-state index in [1.165, 1.54) is 6.07 Å². The molecule has 0 aliphatic heterocycles. The number of aromatic carboxylic acids is 1. The number of hydrogen-bond acceptors (Lipinski definition) is 5. The highest BCUT2D eigenvalue weighted by Crippen LogP contribution is 2.21. The van der Waals surface area contributed by atoms with Crippen molar-refractivity contribution in [1.82, 2.24) is 5.32 Å². The summed E-state index contributed by atoms with van der Waals surface area (Å²) in [6, 6.07) is 3.63. The van der Waals surface area contributed by atoms with Crippen molar-refractivity contribution in [2.75, 3.05) is 18.5 Å². The van der Waals surface area contributed by atoms with E-state index < -0.39 is 17.8 Å². The van der Waals surface area contributed by atoms with Crippen LogP contribution in [0.2, 0.25) is 0 Å². The molecule has 0 fully saturated rings. The zero-order valence-corrected chi connectivity index (χ0v) is 23.3. The van der Waals surface area contributed by atoms with Crippen LogP contribution < -0.4 is 10.6 Å². The number of carbonyl (C=O) groups excluding carboxylic acids is 2. The Hall–Kier alpha value is -4.33. The highest BCUT2D eigenvalue weighted by molar-refractivity contribution is 5.93. The van der Waals surface area contributed by atoms with E-state index in [2.05, 4.69) is 78.3 Å². The van der Waals surface area contributed by atoms with Crippen LogP contribution in [0.25, 0.3) is 0 Å². The predicted octanol–water partition coefficient (Wildman–Crippen LogP) is 7.23. The molecule has 1 rings (SSSR count).